The van der Waals surface area contributed by atoms with Crippen LogP contribution in [0, 0.1) is 0 Å². The van der Waals surface area contributed by atoms with Gasteiger partial charge >= 0.3 is 0 Å². The van der Waals surface area contributed by atoms with Crippen molar-refractivity contribution in [2.24, 2.45) is 0 Å². The van der Waals surface area contributed by atoms with Crippen molar-refractivity contribution >= 4 is 16.5 Å². The van der Waals surface area contributed by atoms with Crippen LogP contribution in [0.25, 0.3) is 21.9 Å². The van der Waals surface area contributed by atoms with Crippen LogP contribution in [-0.4, -0.2) is 0 Å². The van der Waals surface area contributed by atoms with Crippen LogP contribution < -0.4 is 5.72 Å². The second-order valence-corrected chi connectivity index (χ2v) is 3.36. The van der Waals surface area contributed by atoms with Crippen LogP contribution in [0.1, 0.15) is 12.3 Å². The molecule has 3 aromatic rings. The molecule has 0 saturated carbocycles. The number of rotatable bonds is 2. The highest BCUT2D eigenvalue weighted by Gasteiger charge is 1.98. The van der Waals surface area contributed by atoms with Crippen molar-refractivity contribution in [2.75, 3.05) is 5.72 Å². The molecule has 0 saturated heterocycles. The molecular weight excluding hydrogens is 206 g/mol. The van der Waals surface area contributed by atoms with Crippen molar-refractivity contribution in [3.63, 3.8) is 0 Å². The molecule has 0 spiro atoms. The third-order valence-electron chi connectivity index (χ3n) is 2.23. The van der Waals surface area contributed by atoms with Crippen LogP contribution in [0.15, 0.2) is 66.5 Å². The summed E-state index contributed by atoms with van der Waals surface area (Å²) in [6, 6.07) is -1.85. The van der Waals surface area contributed by atoms with Gasteiger partial charge < -0.3 is 5.72 Å². The van der Waals surface area contributed by atoms with Gasteiger partial charge in [-0.2, -0.15) is 0 Å². The van der Waals surface area contributed by atoms with E-state index in [1.807, 2.05) is 0 Å². The molecule has 0 aromatic heterocycles. The molecule has 0 unspecified atom stereocenters. The summed E-state index contributed by atoms with van der Waals surface area (Å²) < 4.78 is 87.5. The first-order chi connectivity index (χ1) is 13.0. The first-order valence-electron chi connectivity index (χ1n) is 10.3. The van der Waals surface area contributed by atoms with E-state index in [0.29, 0.717) is 0 Å². The predicted molar refractivity (Wildman–Crippen MR) is 73.8 cm³/mol. The molecule has 3 rings (SSSR count). The molecule has 3 aromatic carbocycles. The van der Waals surface area contributed by atoms with Gasteiger partial charge in [0.05, 0.1) is 12.3 Å². The van der Waals surface area contributed by atoms with Gasteiger partial charge in [0, 0.05) is 5.69 Å². The van der Waals surface area contributed by atoms with Crippen LogP contribution in [-0.2, 0) is 0 Å². The number of nitrogens with two attached hydrogens (primary N) is 1. The molecule has 0 atom stereocenters. The normalized spacial score (nSPS) is 19.4. The second-order valence-electron chi connectivity index (χ2n) is 3.36. The molecule has 0 radical (unpaired) electrons. The molecule has 0 heterocycles. The van der Waals surface area contributed by atoms with Gasteiger partial charge in [0.15, 0.2) is 2.82 Å². The number of hydrogen-bond donors (Lipinski definition) is 1. The van der Waals surface area contributed by atoms with E-state index in [4.69, 9.17) is 15.2 Å². The summed E-state index contributed by atoms with van der Waals surface area (Å²) in [6.07, 6.45) is 0. The summed E-state index contributed by atoms with van der Waals surface area (Å²) in [6.45, 7) is 0. The lowest BCUT2D eigenvalue weighted by atomic mass is 10.0. The summed E-state index contributed by atoms with van der Waals surface area (Å²) in [4.78, 5) is 0. The first-order valence-corrected chi connectivity index (χ1v) is 4.88. The average Bonchev–Trinajstić information content (AvgIpc) is 2.63. The van der Waals surface area contributed by atoms with Gasteiger partial charge in [0.25, 0.3) is 0 Å². The topological polar surface area (TPSA) is 26.0 Å². The lowest BCUT2D eigenvalue weighted by Gasteiger charge is -2.04. The highest BCUT2D eigenvalue weighted by atomic mass is 14.5. The average molecular weight is 230 g/mol. The highest BCUT2D eigenvalue weighted by Crippen LogP contribution is 2.24. The quantitative estimate of drug-likeness (QED) is 0.659. The fraction of sp³-hybridized carbons (Fsp3) is 0. The fourth-order valence-electron chi connectivity index (χ4n) is 1.44. The molecule has 0 aliphatic rings. The van der Waals surface area contributed by atoms with Crippen molar-refractivity contribution in [1.29, 1.82) is 0 Å². The smallest absolute Gasteiger partial charge is 0.156 e. The van der Waals surface area contributed by atoms with Gasteiger partial charge in [-0.1, -0.05) is 48.4 Å². The Morgan fingerprint density at radius 3 is 2.53 bits per heavy atom. The summed E-state index contributed by atoms with van der Waals surface area (Å²) >= 11 is 0. The molecule has 17 heavy (non-hydrogen) atoms. The molecule has 0 aliphatic heterocycles. The minimum atomic E-state index is -0.672. The minimum Gasteiger partial charge on any atom is -0.399 e. The molecular formula is C16H13N. The van der Waals surface area contributed by atoms with Gasteiger partial charge in [0.2, 0.25) is 0 Å². The van der Waals surface area contributed by atoms with Crippen molar-refractivity contribution in [3.05, 3.63) is 66.5 Å². The maximum Gasteiger partial charge on any atom is 0.156 e. The predicted octanol–water partition coefficient (Wildman–Crippen LogP) is 4.09. The van der Waals surface area contributed by atoms with Gasteiger partial charge in [-0.05, 0) is 40.0 Å². The zero-order chi connectivity index (χ0) is 21.1. The number of hydrogen-bond acceptors (Lipinski definition) is 1. The lowest BCUT2D eigenvalue weighted by molar-refractivity contribution is 1.63. The zero-order valence-electron chi connectivity index (χ0n) is 19.6. The number of nitrogen functional groups attached to an aromatic ring is 1. The van der Waals surface area contributed by atoms with Crippen LogP contribution in [0.5, 0.6) is 0 Å². The van der Waals surface area contributed by atoms with E-state index in [2.05, 4.69) is 0 Å². The van der Waals surface area contributed by atoms with Crippen molar-refractivity contribution in [2.45, 2.75) is 0 Å². The number of fused-ring (bicyclic) bond motifs is 1. The third-order valence-corrected chi connectivity index (χ3v) is 2.23. The lowest BCUT2D eigenvalue weighted by Crippen LogP contribution is -1.84. The molecule has 0 bridgehead atoms. The largest absolute Gasteiger partial charge is 0.399 e. The van der Waals surface area contributed by atoms with Crippen LogP contribution in [0.4, 0.5) is 5.69 Å². The Bertz CT molecular complexity index is 1110. The molecule has 82 valence electrons. The highest BCUT2D eigenvalue weighted by molar-refractivity contribution is 5.87. The van der Waals surface area contributed by atoms with Crippen molar-refractivity contribution in [3.8, 4) is 11.1 Å². The van der Waals surface area contributed by atoms with Crippen LogP contribution in [0.2, 0.25) is 2.82 Å². The van der Waals surface area contributed by atoms with Crippen LogP contribution >= 0.6 is 0 Å². The monoisotopic (exact) mass is 230 g/mol. The van der Waals surface area contributed by atoms with Gasteiger partial charge in [-0.3, -0.25) is 0 Å². The SMILES string of the molecule is [2H]c1ccc2c([2H])c(-c3c([2H])c([2H])c(N([2H])[2H])c([2H])c3[2H])c([2H])c([2H])c2c1[2H]. The first kappa shape index (κ1) is 3.61. The third kappa shape index (κ3) is 1.87. The maximum atomic E-state index is 8.43. The molecule has 1 nitrogen and oxygen atoms in total. The maximum absolute atomic E-state index is 8.43. The van der Waals surface area contributed by atoms with Crippen LogP contribution in [0.3, 0.4) is 0 Å². The van der Waals surface area contributed by atoms with E-state index in [-0.39, 0.29) is 45.7 Å². The Balaban J connectivity index is 2.52. The molecule has 0 amide bonds. The van der Waals surface area contributed by atoms with Crippen molar-refractivity contribution in [1.82, 2.24) is 0 Å². The molecule has 1 heteroatoms. The minimum absolute atomic E-state index is 0.0355. The van der Waals surface area contributed by atoms with E-state index in [9.17, 15) is 0 Å². The Hall–Kier alpha value is -2.28. The van der Waals surface area contributed by atoms with E-state index >= 15 is 0 Å². The summed E-state index contributed by atoms with van der Waals surface area (Å²) in [5, 5.41) is 0.0159. The van der Waals surface area contributed by atoms with Gasteiger partial charge in [-0.25, -0.2) is 0 Å². The van der Waals surface area contributed by atoms with E-state index < -0.39 is 41.9 Å². The molecule has 2 N–H and O–H groups in total. The second kappa shape index (κ2) is 3.95. The Morgan fingerprint density at radius 2 is 1.71 bits per heavy atom. The molecule has 0 fully saturated rings. The van der Waals surface area contributed by atoms with Gasteiger partial charge in [-0.15, -0.1) is 0 Å². The number of anilines is 1. The molecule has 0 aliphatic carbocycles. The Kier molecular flexibility index (Phi) is 0.837. The van der Waals surface area contributed by atoms with Gasteiger partial charge in [0.1, 0.15) is 0 Å². The van der Waals surface area contributed by atoms with E-state index in [1.54, 1.807) is 0 Å². The van der Waals surface area contributed by atoms with E-state index in [0.717, 1.165) is 0 Å². The zero-order valence-corrected chi connectivity index (χ0v) is 8.60. The van der Waals surface area contributed by atoms with E-state index in [1.165, 1.54) is 12.1 Å². The van der Waals surface area contributed by atoms with Crippen molar-refractivity contribution < 1.29 is 15.2 Å². The summed E-state index contributed by atoms with van der Waals surface area (Å²) in [5.74, 6) is 0. The Morgan fingerprint density at radius 1 is 0.882 bits per heavy atom. The Labute approximate surface area is 116 Å². The standard InChI is InChI=1S/C16H13N/c17-16-9-7-13(8-10-16)15-6-5-12-3-1-2-4-14(12)11-15/h1-11H,17H2/i1D,3D,5D,6D,7D,8D,9D,10D,11D/hD2. The number of benzene rings is 3. The fourth-order valence-corrected chi connectivity index (χ4v) is 1.44. The summed E-state index contributed by atoms with van der Waals surface area (Å²) in [5.41, 5.74) is -1.30. The summed E-state index contributed by atoms with van der Waals surface area (Å²) in [7, 11) is 0.